The summed E-state index contributed by atoms with van der Waals surface area (Å²) in [7, 11) is 0. The molecule has 2 heterocycles. The lowest BCUT2D eigenvalue weighted by Crippen LogP contribution is -1.81. The number of aromatic nitrogens is 3. The molecule has 2 rings (SSSR count). The molecule has 2 aromatic heterocycles. The van der Waals surface area contributed by atoms with Crippen molar-refractivity contribution in [1.82, 2.24) is 15.0 Å². The molecule has 0 fully saturated rings. The monoisotopic (exact) mass is 172 g/mol. The van der Waals surface area contributed by atoms with Gasteiger partial charge in [-0.25, -0.2) is 4.98 Å². The Morgan fingerprint density at radius 3 is 2.77 bits per heavy atom. The van der Waals surface area contributed by atoms with Crippen molar-refractivity contribution in [3.63, 3.8) is 0 Å². The van der Waals surface area contributed by atoms with Gasteiger partial charge in [-0.3, -0.25) is 4.98 Å². The van der Waals surface area contributed by atoms with Gasteiger partial charge in [0.15, 0.2) is 0 Å². The average molecular weight is 172 g/mol. The third-order valence-corrected chi connectivity index (χ3v) is 2.02. The van der Waals surface area contributed by atoms with Gasteiger partial charge in [0.1, 0.15) is 5.82 Å². The summed E-state index contributed by atoms with van der Waals surface area (Å²) in [6.45, 7) is 3.99. The van der Waals surface area contributed by atoms with E-state index in [1.807, 2.05) is 19.9 Å². The molecule has 0 atom stereocenters. The van der Waals surface area contributed by atoms with E-state index in [-0.39, 0.29) is 0 Å². The zero-order valence-corrected chi connectivity index (χ0v) is 7.63. The van der Waals surface area contributed by atoms with Gasteiger partial charge in [-0.15, -0.1) is 0 Å². The van der Waals surface area contributed by atoms with Gasteiger partial charge < -0.3 is 4.98 Å². The summed E-state index contributed by atoms with van der Waals surface area (Å²) in [6, 6.07) is 3.72. The van der Waals surface area contributed by atoms with E-state index < -0.39 is 0 Å². The van der Waals surface area contributed by atoms with Gasteiger partial charge in [-0.2, -0.15) is 0 Å². The van der Waals surface area contributed by atoms with Crippen LogP contribution in [0, 0.1) is 20.0 Å². The first kappa shape index (κ1) is 7.98. The van der Waals surface area contributed by atoms with E-state index in [4.69, 9.17) is 0 Å². The number of hydrogen-bond donors (Lipinski definition) is 1. The van der Waals surface area contributed by atoms with Crippen molar-refractivity contribution in [3.05, 3.63) is 35.9 Å². The number of hydrogen-bond acceptors (Lipinski definition) is 2. The fraction of sp³-hybridized carbons (Fsp3) is 0.200. The molecule has 3 heteroatoms. The summed E-state index contributed by atoms with van der Waals surface area (Å²) in [5, 5.41) is 0. The third kappa shape index (κ3) is 1.45. The first-order chi connectivity index (χ1) is 6.27. The molecule has 0 saturated carbocycles. The maximum Gasteiger partial charge on any atom is 0.139 e. The van der Waals surface area contributed by atoms with Crippen LogP contribution < -0.4 is 0 Å². The van der Waals surface area contributed by atoms with Crippen LogP contribution in [0.1, 0.15) is 11.4 Å². The Hall–Kier alpha value is -1.64. The molecule has 0 amide bonds. The molecule has 1 N–H and O–H groups in total. The summed E-state index contributed by atoms with van der Waals surface area (Å²) in [6.07, 6.45) is 4.48. The highest BCUT2D eigenvalue weighted by Crippen LogP contribution is 2.15. The Kier molecular flexibility index (Phi) is 1.85. The van der Waals surface area contributed by atoms with Crippen molar-refractivity contribution in [2.75, 3.05) is 0 Å². The van der Waals surface area contributed by atoms with Crippen LogP contribution in [0.2, 0.25) is 0 Å². The maximum absolute atomic E-state index is 4.37. The maximum atomic E-state index is 4.37. The van der Waals surface area contributed by atoms with Gasteiger partial charge in [0, 0.05) is 17.5 Å². The SMILES string of the molecule is Cc1nc(-c2cc[c]nc2)[nH]c1C. The predicted molar refractivity (Wildman–Crippen MR) is 50.1 cm³/mol. The Morgan fingerprint density at radius 2 is 2.23 bits per heavy atom. The molecule has 1 radical (unpaired) electrons. The van der Waals surface area contributed by atoms with Gasteiger partial charge in [0.05, 0.1) is 11.9 Å². The van der Waals surface area contributed by atoms with Crippen LogP contribution in [0.25, 0.3) is 11.4 Å². The lowest BCUT2D eigenvalue weighted by molar-refractivity contribution is 1.22. The van der Waals surface area contributed by atoms with Crippen molar-refractivity contribution in [2.45, 2.75) is 13.8 Å². The Labute approximate surface area is 76.9 Å². The first-order valence-corrected chi connectivity index (χ1v) is 4.13. The second-order valence-corrected chi connectivity index (χ2v) is 2.97. The van der Waals surface area contributed by atoms with Crippen molar-refractivity contribution < 1.29 is 0 Å². The minimum Gasteiger partial charge on any atom is -0.342 e. The van der Waals surface area contributed by atoms with Crippen LogP contribution in [0.5, 0.6) is 0 Å². The number of nitrogens with one attached hydrogen (secondary N) is 1. The van der Waals surface area contributed by atoms with Gasteiger partial charge in [-0.05, 0) is 26.0 Å². The summed E-state index contributed by atoms with van der Waals surface area (Å²) in [5.41, 5.74) is 3.13. The zero-order chi connectivity index (χ0) is 9.26. The Bertz CT molecular complexity index is 384. The molecule has 0 aliphatic rings. The van der Waals surface area contributed by atoms with E-state index in [0.29, 0.717) is 0 Å². The second-order valence-electron chi connectivity index (χ2n) is 2.97. The predicted octanol–water partition coefficient (Wildman–Crippen LogP) is 1.89. The summed E-state index contributed by atoms with van der Waals surface area (Å²) >= 11 is 0. The van der Waals surface area contributed by atoms with Crippen LogP contribution in [0.3, 0.4) is 0 Å². The fourth-order valence-corrected chi connectivity index (χ4v) is 1.14. The van der Waals surface area contributed by atoms with E-state index in [1.165, 1.54) is 0 Å². The van der Waals surface area contributed by atoms with E-state index in [0.717, 1.165) is 22.8 Å². The minimum absolute atomic E-state index is 0.872. The molecule has 0 aliphatic heterocycles. The number of imidazole rings is 1. The van der Waals surface area contributed by atoms with Crippen LogP contribution in [-0.2, 0) is 0 Å². The Balaban J connectivity index is 2.48. The minimum atomic E-state index is 0.872. The molecule has 0 spiro atoms. The van der Waals surface area contributed by atoms with E-state index in [2.05, 4.69) is 21.1 Å². The lowest BCUT2D eigenvalue weighted by atomic mass is 10.3. The average Bonchev–Trinajstić information content (AvgIpc) is 2.49. The molecule has 0 aromatic carbocycles. The van der Waals surface area contributed by atoms with Crippen molar-refractivity contribution in [2.24, 2.45) is 0 Å². The summed E-state index contributed by atoms with van der Waals surface area (Å²) in [4.78, 5) is 11.5. The van der Waals surface area contributed by atoms with Crippen molar-refractivity contribution in [1.29, 1.82) is 0 Å². The van der Waals surface area contributed by atoms with Crippen LogP contribution in [-0.4, -0.2) is 15.0 Å². The van der Waals surface area contributed by atoms with Crippen molar-refractivity contribution >= 4 is 0 Å². The van der Waals surface area contributed by atoms with Crippen LogP contribution in [0.15, 0.2) is 18.3 Å². The molecule has 0 aliphatic carbocycles. The fourth-order valence-electron chi connectivity index (χ4n) is 1.14. The second kappa shape index (κ2) is 3.01. The molecular weight excluding hydrogens is 162 g/mol. The highest BCUT2D eigenvalue weighted by molar-refractivity contribution is 5.53. The lowest BCUT2D eigenvalue weighted by Gasteiger charge is -1.92. The molecule has 3 nitrogen and oxygen atoms in total. The third-order valence-electron chi connectivity index (χ3n) is 2.02. The molecule has 0 unspecified atom stereocenters. The quantitative estimate of drug-likeness (QED) is 0.713. The largest absolute Gasteiger partial charge is 0.342 e. The summed E-state index contributed by atoms with van der Waals surface area (Å²) in [5.74, 6) is 0.872. The van der Waals surface area contributed by atoms with Gasteiger partial charge in [0.25, 0.3) is 0 Å². The van der Waals surface area contributed by atoms with E-state index in [1.54, 1.807) is 12.3 Å². The first-order valence-electron chi connectivity index (χ1n) is 4.13. The van der Waals surface area contributed by atoms with Crippen LogP contribution in [0.4, 0.5) is 0 Å². The molecule has 65 valence electrons. The molecular formula is C10H10N3. The molecule has 2 aromatic rings. The standard InChI is InChI=1S/C10H10N3/c1-7-8(2)13-10(12-7)9-4-3-5-11-6-9/h3-4,6H,1-2H3,(H,12,13). The number of H-pyrrole nitrogens is 1. The number of pyridine rings is 1. The summed E-state index contributed by atoms with van der Waals surface area (Å²) < 4.78 is 0. The highest BCUT2D eigenvalue weighted by atomic mass is 14.9. The molecule has 0 saturated heterocycles. The van der Waals surface area contributed by atoms with Crippen LogP contribution >= 0.6 is 0 Å². The topological polar surface area (TPSA) is 41.6 Å². The van der Waals surface area contributed by atoms with Gasteiger partial charge >= 0.3 is 0 Å². The van der Waals surface area contributed by atoms with Gasteiger partial charge in [-0.1, -0.05) is 0 Å². The van der Waals surface area contributed by atoms with Gasteiger partial charge in [0.2, 0.25) is 0 Å². The normalized spacial score (nSPS) is 10.3. The molecule has 0 bridgehead atoms. The number of aryl methyl sites for hydroxylation is 2. The zero-order valence-electron chi connectivity index (χ0n) is 7.63. The number of rotatable bonds is 1. The molecule has 13 heavy (non-hydrogen) atoms. The van der Waals surface area contributed by atoms with E-state index >= 15 is 0 Å². The Morgan fingerprint density at radius 1 is 1.38 bits per heavy atom. The number of nitrogens with zero attached hydrogens (tertiary/aromatic N) is 2. The number of aromatic amines is 1. The highest BCUT2D eigenvalue weighted by Gasteiger charge is 2.03. The van der Waals surface area contributed by atoms with Crippen molar-refractivity contribution in [3.8, 4) is 11.4 Å². The smallest absolute Gasteiger partial charge is 0.139 e. The van der Waals surface area contributed by atoms with E-state index in [9.17, 15) is 0 Å².